The molecular formula is C33H44N6O11S. The summed E-state index contributed by atoms with van der Waals surface area (Å²) >= 11 is 0. The number of unbranched alkanes of at least 4 members (excludes halogenated alkanes) is 1. The number of hydrogen-bond donors (Lipinski definition) is 2. The van der Waals surface area contributed by atoms with E-state index in [1.807, 2.05) is 0 Å². The number of amides is 2. The number of rotatable bonds is 21. The van der Waals surface area contributed by atoms with E-state index in [9.17, 15) is 27.9 Å². The van der Waals surface area contributed by atoms with Gasteiger partial charge < -0.3 is 39.1 Å². The summed E-state index contributed by atoms with van der Waals surface area (Å²) < 4.78 is 50.1. The molecule has 0 saturated carbocycles. The Morgan fingerprint density at radius 1 is 0.882 bits per heavy atom. The van der Waals surface area contributed by atoms with Crippen LogP contribution in [0.1, 0.15) is 44.1 Å². The summed E-state index contributed by atoms with van der Waals surface area (Å²) in [7, 11) is -4.06. The molecule has 1 unspecified atom stereocenters. The van der Waals surface area contributed by atoms with E-state index in [1.165, 1.54) is 12.1 Å². The summed E-state index contributed by atoms with van der Waals surface area (Å²) in [5.74, 6) is -1.13. The molecule has 2 saturated heterocycles. The molecule has 2 aromatic carbocycles. The van der Waals surface area contributed by atoms with Crippen molar-refractivity contribution in [2.24, 2.45) is 5.28 Å². The number of ether oxygens (including phenoxy) is 4. The second-order valence-corrected chi connectivity index (χ2v) is 13.7. The molecule has 51 heavy (non-hydrogen) atoms. The maximum atomic E-state index is 13.6. The lowest BCUT2D eigenvalue weighted by molar-refractivity contribution is -0.142. The third-order valence-corrected chi connectivity index (χ3v) is 10.1. The van der Waals surface area contributed by atoms with Crippen LogP contribution < -0.4 is 14.8 Å². The fourth-order valence-electron chi connectivity index (χ4n) is 5.58. The Hall–Kier alpha value is -4.61. The minimum Gasteiger partial charge on any atom is -0.494 e. The van der Waals surface area contributed by atoms with Gasteiger partial charge in [-0.2, -0.15) is 4.31 Å². The average molecular weight is 733 g/mol. The zero-order valence-electron chi connectivity index (χ0n) is 28.3. The van der Waals surface area contributed by atoms with Crippen LogP contribution in [0.4, 0.5) is 4.79 Å². The van der Waals surface area contributed by atoms with Gasteiger partial charge in [-0.1, -0.05) is 12.1 Å². The molecule has 18 heteroatoms. The van der Waals surface area contributed by atoms with Gasteiger partial charge in [0.1, 0.15) is 35.5 Å². The first-order chi connectivity index (χ1) is 24.7. The van der Waals surface area contributed by atoms with Crippen LogP contribution in [0.15, 0.2) is 58.7 Å². The third-order valence-electron chi connectivity index (χ3n) is 8.22. The van der Waals surface area contributed by atoms with Crippen molar-refractivity contribution < 1.29 is 51.7 Å². The number of aliphatic carboxylic acids is 1. The van der Waals surface area contributed by atoms with Gasteiger partial charge >= 0.3 is 12.1 Å². The van der Waals surface area contributed by atoms with Crippen LogP contribution in [0.25, 0.3) is 10.4 Å². The molecule has 2 atom stereocenters. The smallest absolute Gasteiger partial charge is 0.415 e. The minimum absolute atomic E-state index is 0.00479. The lowest BCUT2D eigenvalue weighted by atomic mass is 10.1. The Bertz CT molecular complexity index is 1580. The Labute approximate surface area is 296 Å². The van der Waals surface area contributed by atoms with Gasteiger partial charge in [-0.25, -0.2) is 18.0 Å². The van der Waals surface area contributed by atoms with Crippen LogP contribution in [0.5, 0.6) is 11.5 Å². The van der Waals surface area contributed by atoms with Crippen molar-refractivity contribution in [3.8, 4) is 11.5 Å². The first kappa shape index (κ1) is 39.2. The van der Waals surface area contributed by atoms with E-state index < -0.39 is 40.1 Å². The van der Waals surface area contributed by atoms with E-state index in [4.69, 9.17) is 24.5 Å². The number of carbonyl (C=O) groups excluding carboxylic acids is 2. The molecule has 4 rings (SSSR count). The molecule has 2 fully saturated rings. The second-order valence-electron chi connectivity index (χ2n) is 11.8. The zero-order valence-corrected chi connectivity index (χ0v) is 29.1. The Kier molecular flexibility index (Phi) is 15.6. The molecule has 2 aromatic rings. The fourth-order valence-corrected chi connectivity index (χ4v) is 7.23. The van der Waals surface area contributed by atoms with E-state index in [2.05, 4.69) is 20.3 Å². The summed E-state index contributed by atoms with van der Waals surface area (Å²) in [5.41, 5.74) is 8.68. The number of carboxylic acids is 1. The number of nitrogens with zero attached hydrogens (tertiary/aromatic N) is 5. The van der Waals surface area contributed by atoms with Crippen LogP contribution in [-0.2, 0) is 40.3 Å². The maximum absolute atomic E-state index is 13.6. The third kappa shape index (κ3) is 12.3. The summed E-state index contributed by atoms with van der Waals surface area (Å²) in [6, 6.07) is 9.96. The molecular weight excluding hydrogens is 688 g/mol. The molecule has 0 aliphatic carbocycles. The van der Waals surface area contributed by atoms with Gasteiger partial charge in [0.2, 0.25) is 15.9 Å². The summed E-state index contributed by atoms with van der Waals surface area (Å²) in [5, 5.41) is 15.3. The summed E-state index contributed by atoms with van der Waals surface area (Å²) in [6.07, 6.45) is 3.53. The van der Waals surface area contributed by atoms with Gasteiger partial charge in [-0.05, 0) is 86.0 Å². The first-order valence-electron chi connectivity index (χ1n) is 16.8. The predicted octanol–water partition coefficient (Wildman–Crippen LogP) is 3.68. The molecule has 2 aliphatic rings. The van der Waals surface area contributed by atoms with Crippen molar-refractivity contribution in [1.29, 1.82) is 0 Å². The molecule has 2 N–H and O–H groups in total. The standard InChI is InChI=1S/C33H44N6O11S/c34-36-37-49-23-22-47-21-20-46-18-3-4-19-48-26-11-13-28(14-12-26)51(44,45)39-17-5-6-30(39)31(40)35-29(32(41)42)24-25-7-9-27(10-8-25)50-33(43)38-15-1-2-16-38/h7-14,29-30H,1-6,15-24H2,(H,35,40)(H,41,42)/t29?,30-/m0/s1. The molecule has 2 heterocycles. The number of likely N-dealkylation sites (tertiary alicyclic amines) is 1. The van der Waals surface area contributed by atoms with Gasteiger partial charge in [0.05, 0.1) is 31.3 Å². The quantitative estimate of drug-likeness (QED) is 0.0620. The highest BCUT2D eigenvalue weighted by molar-refractivity contribution is 7.89. The van der Waals surface area contributed by atoms with Crippen molar-refractivity contribution in [2.45, 2.75) is 61.9 Å². The molecule has 2 amide bonds. The maximum Gasteiger partial charge on any atom is 0.415 e. The van der Waals surface area contributed by atoms with E-state index in [0.29, 0.717) is 69.4 Å². The fraction of sp³-hybridized carbons (Fsp3) is 0.545. The van der Waals surface area contributed by atoms with Gasteiger partial charge in [0.15, 0.2) is 0 Å². The molecule has 0 aromatic heterocycles. The van der Waals surface area contributed by atoms with Gasteiger partial charge in [0, 0.05) is 37.6 Å². The highest BCUT2D eigenvalue weighted by Crippen LogP contribution is 2.28. The van der Waals surface area contributed by atoms with Gasteiger partial charge in [0.25, 0.3) is 0 Å². The highest BCUT2D eigenvalue weighted by Gasteiger charge is 2.40. The molecule has 0 spiro atoms. The number of azide groups is 1. The van der Waals surface area contributed by atoms with Crippen molar-refractivity contribution >= 4 is 28.0 Å². The van der Waals surface area contributed by atoms with Crippen LogP contribution in [-0.4, -0.2) is 112 Å². The monoisotopic (exact) mass is 732 g/mol. The number of hydrogen-bond acceptors (Lipinski definition) is 11. The second kappa shape index (κ2) is 20.3. The predicted molar refractivity (Wildman–Crippen MR) is 181 cm³/mol. The van der Waals surface area contributed by atoms with Crippen molar-refractivity contribution in [2.75, 3.05) is 59.3 Å². The van der Waals surface area contributed by atoms with Crippen LogP contribution in [0, 0.1) is 0 Å². The van der Waals surface area contributed by atoms with Crippen molar-refractivity contribution in [1.82, 2.24) is 14.5 Å². The number of nitrogens with one attached hydrogen (secondary N) is 1. The van der Waals surface area contributed by atoms with E-state index in [-0.39, 0.29) is 37.5 Å². The summed E-state index contributed by atoms with van der Waals surface area (Å²) in [4.78, 5) is 46.3. The highest BCUT2D eigenvalue weighted by atomic mass is 32.2. The Balaban J connectivity index is 1.20. The Morgan fingerprint density at radius 2 is 1.53 bits per heavy atom. The summed E-state index contributed by atoms with van der Waals surface area (Å²) in [6.45, 7) is 3.58. The van der Waals surface area contributed by atoms with E-state index in [1.54, 1.807) is 41.3 Å². The number of sulfonamides is 1. The Morgan fingerprint density at radius 3 is 2.22 bits per heavy atom. The molecule has 0 bridgehead atoms. The van der Waals surface area contributed by atoms with Gasteiger partial charge in [-0.15, -0.1) is 0 Å². The SMILES string of the molecule is [N-]=[N+]=NOCCOCCOCCCCOc1ccc(S(=O)(=O)N2CCC[C@H]2C(=O)NC(Cc2ccc(OC(=O)N3CCCC3)cc2)C(=O)O)cc1. The molecule has 17 nitrogen and oxygen atoms in total. The minimum atomic E-state index is -4.06. The topological polar surface area (TPSA) is 219 Å². The number of carboxylic acid groups (broad SMARTS) is 1. The lowest BCUT2D eigenvalue weighted by Gasteiger charge is -2.25. The first-order valence-corrected chi connectivity index (χ1v) is 18.3. The molecule has 278 valence electrons. The van der Waals surface area contributed by atoms with E-state index in [0.717, 1.165) is 23.6 Å². The van der Waals surface area contributed by atoms with Crippen LogP contribution in [0.2, 0.25) is 0 Å². The molecule has 2 aliphatic heterocycles. The van der Waals surface area contributed by atoms with Crippen LogP contribution >= 0.6 is 0 Å². The van der Waals surface area contributed by atoms with Crippen molar-refractivity contribution in [3.63, 3.8) is 0 Å². The van der Waals surface area contributed by atoms with Crippen molar-refractivity contribution in [3.05, 3.63) is 64.5 Å². The normalized spacial score (nSPS) is 16.6. The molecule has 0 radical (unpaired) electrons. The number of benzene rings is 2. The zero-order chi connectivity index (χ0) is 36.5. The van der Waals surface area contributed by atoms with Crippen LogP contribution in [0.3, 0.4) is 0 Å². The van der Waals surface area contributed by atoms with Gasteiger partial charge in [-0.3, -0.25) is 4.79 Å². The lowest BCUT2D eigenvalue weighted by Crippen LogP contribution is -2.51. The largest absolute Gasteiger partial charge is 0.494 e. The van der Waals surface area contributed by atoms with E-state index >= 15 is 0 Å². The average Bonchev–Trinajstić information content (AvgIpc) is 3.85. The number of carbonyl (C=O) groups is 3.